The van der Waals surface area contributed by atoms with Crippen molar-refractivity contribution < 1.29 is 14.7 Å². The molecule has 1 aliphatic heterocycles. The number of phenolic OH excluding ortho intramolecular Hbond substituents is 1. The van der Waals surface area contributed by atoms with Gasteiger partial charge >= 0.3 is 0 Å². The molecule has 120 valence electrons. The molecule has 1 fully saturated rings. The number of aromatic hydroxyl groups is 1. The van der Waals surface area contributed by atoms with Crippen molar-refractivity contribution in [2.45, 2.75) is 13.3 Å². The van der Waals surface area contributed by atoms with E-state index in [0.29, 0.717) is 31.6 Å². The summed E-state index contributed by atoms with van der Waals surface area (Å²) in [6.45, 7) is 3.40. The molecule has 0 radical (unpaired) electrons. The van der Waals surface area contributed by atoms with E-state index in [1.54, 1.807) is 17.0 Å². The summed E-state index contributed by atoms with van der Waals surface area (Å²) in [5.41, 5.74) is 0.319. The van der Waals surface area contributed by atoms with Crippen molar-refractivity contribution in [1.29, 1.82) is 0 Å². The molecule has 2 aromatic carbocycles. The minimum Gasteiger partial charge on any atom is -0.507 e. The van der Waals surface area contributed by atoms with E-state index in [0.717, 1.165) is 10.8 Å². The zero-order chi connectivity index (χ0) is 16.4. The third kappa shape index (κ3) is 2.86. The van der Waals surface area contributed by atoms with E-state index in [1.807, 2.05) is 31.2 Å². The van der Waals surface area contributed by atoms with Gasteiger partial charge < -0.3 is 15.3 Å². The van der Waals surface area contributed by atoms with Crippen LogP contribution in [0.5, 0.6) is 5.75 Å². The maximum atomic E-state index is 12.8. The molecule has 1 saturated heterocycles. The van der Waals surface area contributed by atoms with Gasteiger partial charge in [0.05, 0.1) is 11.5 Å². The van der Waals surface area contributed by atoms with Crippen LogP contribution in [-0.4, -0.2) is 41.5 Å². The third-order valence-corrected chi connectivity index (χ3v) is 4.32. The second kappa shape index (κ2) is 6.28. The number of rotatable bonds is 3. The van der Waals surface area contributed by atoms with Crippen LogP contribution in [0.25, 0.3) is 10.8 Å². The SMILES string of the molecule is CCNC(=O)[C@@H]1CCN(C(=O)c2c(O)ccc3ccccc23)C1. The Morgan fingerprint density at radius 1 is 1.26 bits per heavy atom. The third-order valence-electron chi connectivity index (χ3n) is 4.32. The van der Waals surface area contributed by atoms with E-state index < -0.39 is 0 Å². The van der Waals surface area contributed by atoms with Crippen molar-refractivity contribution in [2.75, 3.05) is 19.6 Å². The van der Waals surface area contributed by atoms with Crippen molar-refractivity contribution in [1.82, 2.24) is 10.2 Å². The highest BCUT2D eigenvalue weighted by molar-refractivity contribution is 6.09. The number of carbonyl (C=O) groups excluding carboxylic acids is 2. The summed E-state index contributed by atoms with van der Waals surface area (Å²) in [5, 5.41) is 14.6. The molecule has 0 unspecified atom stereocenters. The molecule has 0 bridgehead atoms. The lowest BCUT2D eigenvalue weighted by Crippen LogP contribution is -2.34. The molecule has 1 atom stereocenters. The maximum Gasteiger partial charge on any atom is 0.258 e. The Morgan fingerprint density at radius 3 is 2.83 bits per heavy atom. The number of benzene rings is 2. The number of nitrogens with zero attached hydrogens (tertiary/aromatic N) is 1. The van der Waals surface area contributed by atoms with Gasteiger partial charge in [-0.2, -0.15) is 0 Å². The van der Waals surface area contributed by atoms with Gasteiger partial charge in [-0.15, -0.1) is 0 Å². The Bertz CT molecular complexity index is 757. The first-order valence-corrected chi connectivity index (χ1v) is 7.89. The minimum atomic E-state index is -0.217. The van der Waals surface area contributed by atoms with Crippen LogP contribution in [0, 0.1) is 5.92 Å². The fourth-order valence-corrected chi connectivity index (χ4v) is 3.12. The van der Waals surface area contributed by atoms with E-state index in [-0.39, 0.29) is 23.5 Å². The van der Waals surface area contributed by atoms with Gasteiger partial charge in [0.15, 0.2) is 0 Å². The molecular weight excluding hydrogens is 292 g/mol. The number of hydrogen-bond donors (Lipinski definition) is 2. The van der Waals surface area contributed by atoms with Crippen LogP contribution in [0.1, 0.15) is 23.7 Å². The normalized spacial score (nSPS) is 17.4. The molecule has 2 N–H and O–H groups in total. The fourth-order valence-electron chi connectivity index (χ4n) is 3.12. The lowest BCUT2D eigenvalue weighted by molar-refractivity contribution is -0.124. The standard InChI is InChI=1S/C18H20N2O3/c1-2-19-17(22)13-9-10-20(11-13)18(23)16-14-6-4-3-5-12(14)7-8-15(16)21/h3-8,13,21H,2,9-11H2,1H3,(H,19,22)/t13-/m1/s1. The van der Waals surface area contributed by atoms with E-state index in [2.05, 4.69) is 5.32 Å². The van der Waals surface area contributed by atoms with Gasteiger partial charge in [0.25, 0.3) is 5.91 Å². The first-order valence-electron chi connectivity index (χ1n) is 7.89. The first-order chi connectivity index (χ1) is 11.1. The van der Waals surface area contributed by atoms with E-state index in [9.17, 15) is 14.7 Å². The summed E-state index contributed by atoms with van der Waals surface area (Å²) in [7, 11) is 0. The molecule has 2 amide bonds. The quantitative estimate of drug-likeness (QED) is 0.912. The Hall–Kier alpha value is -2.56. The van der Waals surface area contributed by atoms with Crippen molar-refractivity contribution in [3.63, 3.8) is 0 Å². The lowest BCUT2D eigenvalue weighted by Gasteiger charge is -2.18. The predicted octanol–water partition coefficient (Wildman–Crippen LogP) is 2.14. The van der Waals surface area contributed by atoms with Crippen LogP contribution in [0.2, 0.25) is 0 Å². The highest BCUT2D eigenvalue weighted by Gasteiger charge is 2.32. The van der Waals surface area contributed by atoms with E-state index >= 15 is 0 Å². The topological polar surface area (TPSA) is 69.6 Å². The lowest BCUT2D eigenvalue weighted by atomic mass is 10.0. The number of nitrogens with one attached hydrogen (secondary N) is 1. The van der Waals surface area contributed by atoms with Gasteiger partial charge in [-0.05, 0) is 30.2 Å². The molecule has 3 rings (SSSR count). The van der Waals surface area contributed by atoms with Gasteiger partial charge in [0.1, 0.15) is 5.75 Å². The van der Waals surface area contributed by atoms with Crippen molar-refractivity contribution in [3.8, 4) is 5.75 Å². The predicted molar refractivity (Wildman–Crippen MR) is 88.3 cm³/mol. The summed E-state index contributed by atoms with van der Waals surface area (Å²) in [4.78, 5) is 26.4. The number of hydrogen-bond acceptors (Lipinski definition) is 3. The molecule has 1 aliphatic rings. The number of amides is 2. The van der Waals surface area contributed by atoms with Gasteiger partial charge in [0.2, 0.25) is 5.91 Å². The molecule has 5 heteroatoms. The van der Waals surface area contributed by atoms with Crippen LogP contribution in [0.3, 0.4) is 0 Å². The zero-order valence-corrected chi connectivity index (χ0v) is 13.1. The van der Waals surface area contributed by atoms with Crippen molar-refractivity contribution >= 4 is 22.6 Å². The Labute approximate surface area is 134 Å². The average molecular weight is 312 g/mol. The Morgan fingerprint density at radius 2 is 2.04 bits per heavy atom. The monoisotopic (exact) mass is 312 g/mol. The highest BCUT2D eigenvalue weighted by Crippen LogP contribution is 2.30. The summed E-state index contributed by atoms with van der Waals surface area (Å²) < 4.78 is 0. The van der Waals surface area contributed by atoms with E-state index in [1.165, 1.54) is 0 Å². The average Bonchev–Trinajstić information content (AvgIpc) is 3.04. The van der Waals surface area contributed by atoms with E-state index in [4.69, 9.17) is 0 Å². The summed E-state index contributed by atoms with van der Waals surface area (Å²) >= 11 is 0. The van der Waals surface area contributed by atoms with Crippen LogP contribution in [0.4, 0.5) is 0 Å². The minimum absolute atomic E-state index is 0.00931. The van der Waals surface area contributed by atoms with Gasteiger partial charge in [-0.25, -0.2) is 0 Å². The number of carbonyl (C=O) groups is 2. The maximum absolute atomic E-state index is 12.8. The number of likely N-dealkylation sites (tertiary alicyclic amines) is 1. The summed E-state index contributed by atoms with van der Waals surface area (Å²) in [5.74, 6) is -0.415. The van der Waals surface area contributed by atoms with Crippen LogP contribution < -0.4 is 5.32 Å². The van der Waals surface area contributed by atoms with Gasteiger partial charge in [0, 0.05) is 19.6 Å². The van der Waals surface area contributed by atoms with Crippen molar-refractivity contribution in [3.05, 3.63) is 42.0 Å². The number of fused-ring (bicyclic) bond motifs is 1. The Balaban J connectivity index is 1.87. The molecule has 0 saturated carbocycles. The molecule has 1 heterocycles. The van der Waals surface area contributed by atoms with Gasteiger partial charge in [-0.3, -0.25) is 9.59 Å². The van der Waals surface area contributed by atoms with Gasteiger partial charge in [-0.1, -0.05) is 30.3 Å². The molecule has 0 aromatic heterocycles. The summed E-state index contributed by atoms with van der Waals surface area (Å²) in [6.07, 6.45) is 0.656. The van der Waals surface area contributed by atoms with Crippen LogP contribution in [-0.2, 0) is 4.79 Å². The fraction of sp³-hybridized carbons (Fsp3) is 0.333. The first kappa shape index (κ1) is 15.3. The van der Waals surface area contributed by atoms with Crippen LogP contribution >= 0.6 is 0 Å². The second-order valence-corrected chi connectivity index (χ2v) is 5.81. The molecular formula is C18H20N2O3. The number of phenols is 1. The molecule has 0 aliphatic carbocycles. The second-order valence-electron chi connectivity index (χ2n) is 5.81. The van der Waals surface area contributed by atoms with Crippen LogP contribution in [0.15, 0.2) is 36.4 Å². The highest BCUT2D eigenvalue weighted by atomic mass is 16.3. The zero-order valence-electron chi connectivity index (χ0n) is 13.1. The van der Waals surface area contributed by atoms with Crippen molar-refractivity contribution in [2.24, 2.45) is 5.92 Å². The summed E-state index contributed by atoms with van der Waals surface area (Å²) in [6, 6.07) is 10.8. The molecule has 0 spiro atoms. The molecule has 2 aromatic rings. The smallest absolute Gasteiger partial charge is 0.258 e. The molecule has 5 nitrogen and oxygen atoms in total. The Kier molecular flexibility index (Phi) is 4.19. The largest absolute Gasteiger partial charge is 0.507 e. The molecule has 23 heavy (non-hydrogen) atoms.